The molecule has 0 aromatic rings. The number of Topliss-reactive ketones (excluding diaryl/α,β-unsaturated/α-hetero) is 1. The molecule has 0 saturated carbocycles. The number of carboxylic acids is 1. The van der Waals surface area contributed by atoms with Crippen LogP contribution in [-0.2, 0) is 138 Å². The smallest absolute Gasteiger partial charge is 0.304 e. The Hall–Kier alpha value is -3.45. The molecule has 0 heterocycles. The minimum absolute atomic E-state index is 0.0589. The number of unbranched alkanes of at least 4 members (excludes halogenated alkanes) is 1. The average molecular weight is 1510 g/mol. The van der Waals surface area contributed by atoms with E-state index in [1.807, 2.05) is 13.8 Å². The molecule has 3 unspecified atom stereocenters. The second-order valence-corrected chi connectivity index (χ2v) is 23.5. The summed E-state index contributed by atoms with van der Waals surface area (Å²) in [5.41, 5.74) is 5.80. The average Bonchev–Trinajstić information content (AvgIpc) is 0.905. The molecule has 6 N–H and O–H groups in total. The van der Waals surface area contributed by atoms with E-state index in [1.165, 1.54) is 0 Å². The van der Waals surface area contributed by atoms with E-state index in [1.54, 1.807) is 21.0 Å². The molecule has 0 radical (unpaired) electrons. The number of carboxylic acid groups (broad SMARTS) is 1. The third kappa shape index (κ3) is 75.4. The summed E-state index contributed by atoms with van der Waals surface area (Å²) in [7, 11) is 1.64. The summed E-state index contributed by atoms with van der Waals surface area (Å²) in [4.78, 5) is 62.6. The van der Waals surface area contributed by atoms with E-state index < -0.39 is 35.8 Å². The lowest BCUT2D eigenvalue weighted by Gasteiger charge is -2.25. The van der Waals surface area contributed by atoms with Crippen molar-refractivity contribution in [3.05, 3.63) is 0 Å². The van der Waals surface area contributed by atoms with Crippen molar-refractivity contribution in [3.8, 4) is 0 Å². The van der Waals surface area contributed by atoms with Gasteiger partial charge in [-0.2, -0.15) is 0 Å². The Morgan fingerprint density at radius 2 is 0.567 bits per heavy atom. The second-order valence-electron chi connectivity index (χ2n) is 23.5. The lowest BCUT2D eigenvalue weighted by Crippen LogP contribution is -2.55. The van der Waals surface area contributed by atoms with Crippen LogP contribution in [0.5, 0.6) is 0 Å². The molecule has 0 aliphatic rings. The zero-order valence-electron chi connectivity index (χ0n) is 63.6. The molecule has 0 fully saturated rings. The van der Waals surface area contributed by atoms with E-state index in [2.05, 4.69) is 16.0 Å². The van der Waals surface area contributed by atoms with Crippen molar-refractivity contribution in [1.29, 1.82) is 0 Å². The molecule has 0 spiro atoms. The number of aliphatic carboxylic acids is 1. The number of amides is 3. The molecule has 0 aliphatic heterocycles. The van der Waals surface area contributed by atoms with E-state index in [0.29, 0.717) is 336 Å². The number of ether oxygens (including phenoxy) is 24. The molecule has 0 rings (SSSR count). The minimum Gasteiger partial charge on any atom is -0.481 e. The van der Waals surface area contributed by atoms with Crippen LogP contribution in [0.15, 0.2) is 0 Å². The molecule has 0 saturated heterocycles. The number of carbonyl (C=O) groups excluding carboxylic acids is 4. The van der Waals surface area contributed by atoms with Gasteiger partial charge in [0.2, 0.25) is 17.7 Å². The van der Waals surface area contributed by atoms with Crippen molar-refractivity contribution in [2.75, 3.05) is 331 Å². The Balaban J connectivity index is 3.36. The van der Waals surface area contributed by atoms with Gasteiger partial charge in [-0.3, -0.25) is 24.0 Å². The topological polar surface area (TPSA) is 389 Å². The summed E-state index contributed by atoms with van der Waals surface area (Å²) in [6.07, 6.45) is 1.54. The molecule has 0 aromatic carbocycles. The summed E-state index contributed by atoms with van der Waals surface area (Å²) in [5.74, 6) is -3.80. The Labute approximate surface area is 618 Å². The molecule has 3 atom stereocenters. The molecule has 0 aromatic heterocycles. The van der Waals surface area contributed by atoms with Gasteiger partial charge in [-0.15, -0.1) is 0 Å². The van der Waals surface area contributed by atoms with Gasteiger partial charge in [0, 0.05) is 38.5 Å². The summed E-state index contributed by atoms with van der Waals surface area (Å²) < 4.78 is 132. The van der Waals surface area contributed by atoms with Crippen molar-refractivity contribution in [2.24, 2.45) is 23.5 Å². The van der Waals surface area contributed by atoms with E-state index in [0.717, 1.165) is 0 Å². The first-order chi connectivity index (χ1) is 50.9. The Kier molecular flexibility index (Phi) is 79.3. The first-order valence-electron chi connectivity index (χ1n) is 37.0. The quantitative estimate of drug-likeness (QED) is 0.0530. The lowest BCUT2D eigenvalue weighted by atomic mass is 9.93. The van der Waals surface area contributed by atoms with Gasteiger partial charge in [-0.1, -0.05) is 27.7 Å². The number of ketones is 1. The summed E-state index contributed by atoms with van der Waals surface area (Å²) in [6, 6.07) is -1.95. The predicted octanol–water partition coefficient (Wildman–Crippen LogP) is 0.982. The van der Waals surface area contributed by atoms with Crippen molar-refractivity contribution >= 4 is 29.5 Å². The maximum absolute atomic E-state index is 13.1. The van der Waals surface area contributed by atoms with E-state index in [4.69, 9.17) is 119 Å². The van der Waals surface area contributed by atoms with E-state index >= 15 is 0 Å². The molecule has 3 amide bonds. The van der Waals surface area contributed by atoms with Crippen molar-refractivity contribution < 1.29 is 143 Å². The van der Waals surface area contributed by atoms with Crippen LogP contribution in [0.1, 0.15) is 66.2 Å². The zero-order chi connectivity index (χ0) is 75.8. The van der Waals surface area contributed by atoms with Crippen molar-refractivity contribution in [2.45, 2.75) is 78.3 Å². The molecule has 616 valence electrons. The SMILES string of the molecule is COCCOCCOCCOCCOCCOCCOCCOCCOCCOCCOCCOCCOCCOCCOCCOCCOCCOCCOCCOCCOCCOCCOCCOCCC(=O)NCCCCC(NC(=O)C(CN)NC(=O)C(CC(=O)O)CC(C)C)C(=O)C(C)C. The molecule has 34 heteroatoms. The van der Waals surface area contributed by atoms with Crippen LogP contribution in [-0.4, -0.2) is 377 Å². The summed E-state index contributed by atoms with van der Waals surface area (Å²) >= 11 is 0. The van der Waals surface area contributed by atoms with Crippen LogP contribution < -0.4 is 21.7 Å². The highest BCUT2D eigenvalue weighted by molar-refractivity contribution is 5.94. The Morgan fingerprint density at radius 3 is 0.788 bits per heavy atom. The monoisotopic (exact) mass is 1510 g/mol. The fraction of sp³-hybridized carbons (Fsp3) is 0.929. The summed E-state index contributed by atoms with van der Waals surface area (Å²) in [6.45, 7) is 29.2. The number of hydrogen-bond donors (Lipinski definition) is 5. The number of nitrogens with two attached hydrogens (primary N) is 1. The van der Waals surface area contributed by atoms with Gasteiger partial charge in [0.15, 0.2) is 5.78 Å². The maximum Gasteiger partial charge on any atom is 0.304 e. The zero-order valence-corrected chi connectivity index (χ0v) is 63.6. The van der Waals surface area contributed by atoms with E-state index in [9.17, 15) is 29.1 Å². The second kappa shape index (κ2) is 82.1. The van der Waals surface area contributed by atoms with Crippen LogP contribution in [0.3, 0.4) is 0 Å². The molecule has 0 aliphatic carbocycles. The van der Waals surface area contributed by atoms with Gasteiger partial charge < -0.3 is 140 Å². The highest BCUT2D eigenvalue weighted by Crippen LogP contribution is 2.17. The van der Waals surface area contributed by atoms with Gasteiger partial charge in [-0.25, -0.2) is 0 Å². The Morgan fingerprint density at radius 1 is 0.327 bits per heavy atom. The number of rotatable bonds is 88. The molecule has 0 bridgehead atoms. The first kappa shape index (κ1) is 101. The fourth-order valence-corrected chi connectivity index (χ4v) is 8.58. The van der Waals surface area contributed by atoms with Crippen LogP contribution in [0.25, 0.3) is 0 Å². The number of nitrogens with one attached hydrogen (secondary N) is 3. The van der Waals surface area contributed by atoms with Crippen molar-refractivity contribution in [3.63, 3.8) is 0 Å². The summed E-state index contributed by atoms with van der Waals surface area (Å²) in [5, 5.41) is 17.4. The lowest BCUT2D eigenvalue weighted by molar-refractivity contribution is -0.142. The maximum atomic E-state index is 13.1. The fourth-order valence-electron chi connectivity index (χ4n) is 8.58. The first-order valence-corrected chi connectivity index (χ1v) is 37.0. The normalized spacial score (nSPS) is 12.6. The largest absolute Gasteiger partial charge is 0.481 e. The molecular weight excluding hydrogens is 1380 g/mol. The van der Waals surface area contributed by atoms with Gasteiger partial charge in [0.05, 0.1) is 323 Å². The molecule has 104 heavy (non-hydrogen) atoms. The van der Waals surface area contributed by atoms with Gasteiger partial charge in [-0.05, 0) is 31.6 Å². The Bertz CT molecular complexity index is 1860. The standard InChI is InChI=1S/C70H136N4O30/c1-61(2)58-63(59-67(76)77)69(79)74-65(60-71)70(80)73-64(68(78)62(3)4)8-6-7-10-72-66(75)9-11-82-14-15-84-18-19-86-22-23-88-26-27-90-30-31-92-34-35-94-38-39-96-42-43-98-46-47-100-50-51-102-54-55-104-57-56-103-53-52-101-49-48-99-45-44-97-41-40-95-37-36-93-33-32-91-29-28-89-25-24-87-21-20-85-17-16-83-13-12-81-5/h61-65H,6-60,71H2,1-5H3,(H,72,75)(H,73,80)(H,74,79)(H,76,77). The van der Waals surface area contributed by atoms with Gasteiger partial charge >= 0.3 is 5.97 Å². The number of hydrogen-bond acceptors (Lipinski definition) is 30. The third-order valence-corrected chi connectivity index (χ3v) is 14.0. The van der Waals surface area contributed by atoms with Gasteiger partial charge in [0.1, 0.15) is 6.04 Å². The van der Waals surface area contributed by atoms with Crippen LogP contribution in [0.2, 0.25) is 0 Å². The number of methoxy groups -OCH3 is 1. The minimum atomic E-state index is -1.13. The van der Waals surface area contributed by atoms with Crippen LogP contribution in [0, 0.1) is 17.8 Å². The number of carbonyl (C=O) groups is 5. The highest BCUT2D eigenvalue weighted by atomic mass is 16.6. The van der Waals surface area contributed by atoms with E-state index in [-0.39, 0.29) is 49.5 Å². The van der Waals surface area contributed by atoms with Crippen LogP contribution >= 0.6 is 0 Å². The predicted molar refractivity (Wildman–Crippen MR) is 380 cm³/mol. The molecular formula is C70H136N4O30. The molecule has 34 nitrogen and oxygen atoms in total. The van der Waals surface area contributed by atoms with Crippen LogP contribution in [0.4, 0.5) is 0 Å². The third-order valence-electron chi connectivity index (χ3n) is 14.0. The highest BCUT2D eigenvalue weighted by Gasteiger charge is 2.30. The van der Waals surface area contributed by atoms with Gasteiger partial charge in [0.25, 0.3) is 0 Å². The van der Waals surface area contributed by atoms with Crippen molar-refractivity contribution in [1.82, 2.24) is 16.0 Å².